The van der Waals surface area contributed by atoms with E-state index in [0.29, 0.717) is 5.02 Å². The van der Waals surface area contributed by atoms with Gasteiger partial charge < -0.3 is 5.11 Å². The van der Waals surface area contributed by atoms with Crippen molar-refractivity contribution in [3.8, 4) is 5.69 Å². The number of aryl methyl sites for hydroxylation is 1. The Morgan fingerprint density at radius 3 is 2.62 bits per heavy atom. The van der Waals surface area contributed by atoms with E-state index in [4.69, 9.17) is 11.6 Å². The van der Waals surface area contributed by atoms with E-state index in [2.05, 4.69) is 5.10 Å². The minimum atomic E-state index is -0.528. The van der Waals surface area contributed by atoms with Gasteiger partial charge in [-0.05, 0) is 19.9 Å². The average Bonchev–Trinajstić information content (AvgIpc) is 2.59. The zero-order valence-corrected chi connectivity index (χ0v) is 9.94. The molecule has 4 heteroatoms. The van der Waals surface area contributed by atoms with Crippen molar-refractivity contribution < 1.29 is 5.11 Å². The normalized spacial score (nSPS) is 12.8. The number of aliphatic hydroxyl groups is 1. The maximum Gasteiger partial charge on any atom is 0.0819 e. The second-order valence-corrected chi connectivity index (χ2v) is 4.15. The lowest BCUT2D eigenvalue weighted by molar-refractivity contribution is 0.199. The highest BCUT2D eigenvalue weighted by Crippen LogP contribution is 2.23. The van der Waals surface area contributed by atoms with E-state index in [9.17, 15) is 5.11 Å². The van der Waals surface area contributed by atoms with E-state index < -0.39 is 6.10 Å². The van der Waals surface area contributed by atoms with Gasteiger partial charge in [0.1, 0.15) is 0 Å². The molecule has 0 spiro atoms. The lowest BCUT2D eigenvalue weighted by atomic mass is 10.1. The Bertz CT molecular complexity index is 486. The summed E-state index contributed by atoms with van der Waals surface area (Å²) in [6.45, 7) is 3.58. The van der Waals surface area contributed by atoms with Crippen LogP contribution in [0.3, 0.4) is 0 Å². The van der Waals surface area contributed by atoms with Crippen LogP contribution in [0.25, 0.3) is 5.69 Å². The van der Waals surface area contributed by atoms with Crippen LogP contribution in [0.5, 0.6) is 0 Å². The van der Waals surface area contributed by atoms with Crippen molar-refractivity contribution in [2.24, 2.45) is 0 Å². The van der Waals surface area contributed by atoms with E-state index in [1.807, 2.05) is 31.2 Å². The predicted molar refractivity (Wildman–Crippen MR) is 63.9 cm³/mol. The van der Waals surface area contributed by atoms with Crippen LogP contribution in [0.1, 0.15) is 24.3 Å². The lowest BCUT2D eigenvalue weighted by Gasteiger charge is -2.11. The standard InChI is InChI=1S/C12H13ClN2O/c1-8-11(13)7-15(14-8)12-6-4-3-5-10(12)9(2)16/h3-7,9,16H,1-2H3/t9-/m1/s1. The molecule has 0 amide bonds. The zero-order chi connectivity index (χ0) is 11.7. The third kappa shape index (κ3) is 1.96. The molecule has 1 heterocycles. The van der Waals surface area contributed by atoms with E-state index in [-0.39, 0.29) is 0 Å². The Balaban J connectivity index is 2.55. The monoisotopic (exact) mass is 236 g/mol. The first kappa shape index (κ1) is 11.2. The first-order chi connectivity index (χ1) is 7.59. The zero-order valence-electron chi connectivity index (χ0n) is 9.18. The molecule has 2 rings (SSSR count). The maximum absolute atomic E-state index is 9.67. The molecule has 3 nitrogen and oxygen atoms in total. The summed E-state index contributed by atoms with van der Waals surface area (Å²) >= 11 is 5.97. The molecule has 0 bridgehead atoms. The third-order valence-corrected chi connectivity index (χ3v) is 2.84. The average molecular weight is 237 g/mol. The van der Waals surface area contributed by atoms with Crippen molar-refractivity contribution in [1.29, 1.82) is 0 Å². The van der Waals surface area contributed by atoms with E-state index in [1.165, 1.54) is 0 Å². The summed E-state index contributed by atoms with van der Waals surface area (Å²) in [4.78, 5) is 0. The van der Waals surface area contributed by atoms with Crippen LogP contribution in [0, 0.1) is 6.92 Å². The largest absolute Gasteiger partial charge is 0.389 e. The summed E-state index contributed by atoms with van der Waals surface area (Å²) in [5.41, 5.74) is 2.47. The van der Waals surface area contributed by atoms with Crippen molar-refractivity contribution in [3.63, 3.8) is 0 Å². The Morgan fingerprint density at radius 2 is 2.06 bits per heavy atom. The van der Waals surface area contributed by atoms with Crippen LogP contribution in [0.4, 0.5) is 0 Å². The summed E-state index contributed by atoms with van der Waals surface area (Å²) in [5, 5.41) is 14.6. The van der Waals surface area contributed by atoms with Crippen LogP contribution in [0.2, 0.25) is 5.02 Å². The molecule has 84 valence electrons. The van der Waals surface area contributed by atoms with Crippen molar-refractivity contribution >= 4 is 11.6 Å². The molecule has 0 aliphatic carbocycles. The molecule has 1 aromatic carbocycles. The van der Waals surface area contributed by atoms with Crippen molar-refractivity contribution in [1.82, 2.24) is 9.78 Å². The quantitative estimate of drug-likeness (QED) is 0.871. The van der Waals surface area contributed by atoms with Gasteiger partial charge in [-0.15, -0.1) is 0 Å². The number of aromatic nitrogens is 2. The molecule has 0 fully saturated rings. The first-order valence-electron chi connectivity index (χ1n) is 5.08. The number of benzene rings is 1. The van der Waals surface area contributed by atoms with Gasteiger partial charge in [-0.25, -0.2) is 4.68 Å². The van der Waals surface area contributed by atoms with Gasteiger partial charge in [0.15, 0.2) is 0 Å². The SMILES string of the molecule is Cc1nn(-c2ccccc2[C@@H](C)O)cc1Cl. The first-order valence-corrected chi connectivity index (χ1v) is 5.46. The topological polar surface area (TPSA) is 38.0 Å². The van der Waals surface area contributed by atoms with Gasteiger partial charge in [0.05, 0.1) is 22.5 Å². The molecule has 0 radical (unpaired) electrons. The van der Waals surface area contributed by atoms with Gasteiger partial charge in [0, 0.05) is 11.8 Å². The minimum Gasteiger partial charge on any atom is -0.389 e. The molecule has 2 aromatic rings. The number of hydrogen-bond donors (Lipinski definition) is 1. The molecule has 1 aromatic heterocycles. The summed E-state index contributed by atoms with van der Waals surface area (Å²) in [7, 11) is 0. The van der Waals surface area contributed by atoms with Gasteiger partial charge >= 0.3 is 0 Å². The summed E-state index contributed by atoms with van der Waals surface area (Å²) in [6, 6.07) is 7.59. The van der Waals surface area contributed by atoms with Crippen LogP contribution < -0.4 is 0 Å². The number of hydrogen-bond acceptors (Lipinski definition) is 2. The highest BCUT2D eigenvalue weighted by molar-refractivity contribution is 6.31. The smallest absolute Gasteiger partial charge is 0.0819 e. The molecule has 0 saturated carbocycles. The molecular formula is C12H13ClN2O. The fourth-order valence-electron chi connectivity index (χ4n) is 1.61. The minimum absolute atomic E-state index is 0.528. The van der Waals surface area contributed by atoms with Gasteiger partial charge in [-0.1, -0.05) is 29.8 Å². The maximum atomic E-state index is 9.67. The van der Waals surface area contributed by atoms with E-state index in [1.54, 1.807) is 17.8 Å². The number of nitrogens with zero attached hydrogens (tertiary/aromatic N) is 2. The second kappa shape index (κ2) is 4.28. The highest BCUT2D eigenvalue weighted by atomic mass is 35.5. The molecular weight excluding hydrogens is 224 g/mol. The van der Waals surface area contributed by atoms with E-state index in [0.717, 1.165) is 16.9 Å². The molecule has 1 atom stereocenters. The van der Waals surface area contributed by atoms with E-state index >= 15 is 0 Å². The number of aliphatic hydroxyl groups excluding tert-OH is 1. The lowest BCUT2D eigenvalue weighted by Crippen LogP contribution is -2.02. The molecule has 0 aliphatic heterocycles. The van der Waals surface area contributed by atoms with Crippen LogP contribution in [-0.2, 0) is 0 Å². The summed E-state index contributed by atoms with van der Waals surface area (Å²) in [5.74, 6) is 0. The van der Waals surface area contributed by atoms with Gasteiger partial charge in [0.25, 0.3) is 0 Å². The molecule has 16 heavy (non-hydrogen) atoms. The summed E-state index contributed by atoms with van der Waals surface area (Å²) in [6.07, 6.45) is 1.22. The predicted octanol–water partition coefficient (Wildman–Crippen LogP) is 2.89. The molecule has 0 aliphatic rings. The van der Waals surface area contributed by atoms with Crippen molar-refractivity contribution in [3.05, 3.63) is 46.7 Å². The molecule has 1 N–H and O–H groups in total. The Hall–Kier alpha value is -1.32. The van der Waals surface area contributed by atoms with Crippen molar-refractivity contribution in [2.45, 2.75) is 20.0 Å². The number of halogens is 1. The number of para-hydroxylation sites is 1. The highest BCUT2D eigenvalue weighted by Gasteiger charge is 2.11. The fraction of sp³-hybridized carbons (Fsp3) is 0.250. The van der Waals surface area contributed by atoms with Crippen LogP contribution in [0.15, 0.2) is 30.5 Å². The van der Waals surface area contributed by atoms with Gasteiger partial charge in [-0.3, -0.25) is 0 Å². The fourth-order valence-corrected chi connectivity index (χ4v) is 1.74. The van der Waals surface area contributed by atoms with Crippen molar-refractivity contribution in [2.75, 3.05) is 0 Å². The second-order valence-electron chi connectivity index (χ2n) is 3.74. The van der Waals surface area contributed by atoms with Gasteiger partial charge in [0.2, 0.25) is 0 Å². The Morgan fingerprint density at radius 1 is 1.38 bits per heavy atom. The third-order valence-electron chi connectivity index (χ3n) is 2.47. The summed E-state index contributed by atoms with van der Waals surface area (Å²) < 4.78 is 1.69. The Kier molecular flexibility index (Phi) is 2.99. The number of rotatable bonds is 2. The Labute approximate surface area is 99.3 Å². The van der Waals surface area contributed by atoms with Gasteiger partial charge in [-0.2, -0.15) is 5.10 Å². The molecule has 0 unspecified atom stereocenters. The molecule has 0 saturated heterocycles. The van der Waals surface area contributed by atoms with Crippen LogP contribution >= 0.6 is 11.6 Å². The van der Waals surface area contributed by atoms with Crippen LogP contribution in [-0.4, -0.2) is 14.9 Å².